The fraction of sp³-hybridized carbons (Fsp3) is 0.103. The highest BCUT2D eigenvalue weighted by Crippen LogP contribution is 2.46. The molecule has 1 amide bonds. The zero-order valence-corrected chi connectivity index (χ0v) is 21.0. The summed E-state index contributed by atoms with van der Waals surface area (Å²) in [5.74, 6) is -1.53. The Morgan fingerprint density at radius 1 is 1.15 bits per heavy atom. The predicted octanol–water partition coefficient (Wildman–Crippen LogP) is 6.28. The molecule has 0 aliphatic carbocycles. The Balaban J connectivity index is 1.50. The van der Waals surface area contributed by atoms with Gasteiger partial charge in [-0.3, -0.25) is 4.79 Å². The van der Waals surface area contributed by atoms with Gasteiger partial charge >= 0.3 is 0 Å². The van der Waals surface area contributed by atoms with Crippen molar-refractivity contribution < 1.29 is 18.3 Å². The fourth-order valence-corrected chi connectivity index (χ4v) is 4.82. The first-order valence-corrected chi connectivity index (χ1v) is 12.1. The van der Waals surface area contributed by atoms with Crippen LogP contribution in [0.15, 0.2) is 73.3 Å². The van der Waals surface area contributed by atoms with Crippen LogP contribution in [0.25, 0.3) is 33.4 Å². The molecule has 0 fully saturated rings. The first-order chi connectivity index (χ1) is 18.8. The van der Waals surface area contributed by atoms with Crippen LogP contribution in [0.4, 0.5) is 20.3 Å². The third-order valence-electron chi connectivity index (χ3n) is 6.58. The second-order valence-electron chi connectivity index (χ2n) is 9.15. The first-order valence-electron chi connectivity index (χ1n) is 12.1. The van der Waals surface area contributed by atoms with Gasteiger partial charge < -0.3 is 19.9 Å². The van der Waals surface area contributed by atoms with E-state index < -0.39 is 17.6 Å². The summed E-state index contributed by atoms with van der Waals surface area (Å²) in [6.07, 6.45) is 1.48. The van der Waals surface area contributed by atoms with E-state index in [4.69, 9.17) is 4.74 Å². The number of carbonyl (C=O) groups is 1. The van der Waals surface area contributed by atoms with Gasteiger partial charge in [-0.15, -0.1) is 0 Å². The van der Waals surface area contributed by atoms with E-state index >= 15 is 4.39 Å². The van der Waals surface area contributed by atoms with Gasteiger partial charge in [-0.2, -0.15) is 0 Å². The Morgan fingerprint density at radius 3 is 2.69 bits per heavy atom. The monoisotopic (exact) mass is 524 g/mol. The minimum atomic E-state index is -1.08. The molecule has 1 aliphatic rings. The number of anilines is 2. The van der Waals surface area contributed by atoms with Gasteiger partial charge in [0.05, 0.1) is 11.1 Å². The van der Waals surface area contributed by atoms with Gasteiger partial charge in [0.15, 0.2) is 17.4 Å². The van der Waals surface area contributed by atoms with Crippen LogP contribution in [0.1, 0.15) is 11.3 Å². The van der Waals surface area contributed by atoms with Crippen molar-refractivity contribution in [1.29, 1.82) is 0 Å². The van der Waals surface area contributed by atoms with Gasteiger partial charge in [-0.05, 0) is 53.9 Å². The first kappa shape index (κ1) is 24.2. The van der Waals surface area contributed by atoms with E-state index in [1.807, 2.05) is 24.6 Å². The van der Waals surface area contributed by atoms with Crippen molar-refractivity contribution in [3.8, 4) is 34.0 Å². The van der Waals surface area contributed by atoms with Crippen molar-refractivity contribution in [2.45, 2.75) is 13.5 Å². The fourth-order valence-electron chi connectivity index (χ4n) is 4.82. The number of hydrogen-bond donors (Lipinski definition) is 2. The molecule has 0 saturated carbocycles. The van der Waals surface area contributed by atoms with Gasteiger partial charge in [0.25, 0.3) is 5.91 Å². The summed E-state index contributed by atoms with van der Waals surface area (Å²) >= 11 is 0. The molecule has 0 unspecified atom stereocenters. The normalized spacial score (nSPS) is 11.9. The molecule has 3 aromatic heterocycles. The molecule has 0 spiro atoms. The van der Waals surface area contributed by atoms with Crippen molar-refractivity contribution in [3.63, 3.8) is 0 Å². The van der Waals surface area contributed by atoms with Crippen LogP contribution < -0.4 is 15.4 Å². The molecule has 1 aliphatic heterocycles. The zero-order chi connectivity index (χ0) is 27.3. The molecule has 5 aromatic rings. The molecule has 6 rings (SSSR count). The molecule has 8 nitrogen and oxygen atoms in total. The zero-order valence-electron chi connectivity index (χ0n) is 21.0. The van der Waals surface area contributed by atoms with Crippen molar-refractivity contribution in [3.05, 3.63) is 90.4 Å². The largest absolute Gasteiger partial charge is 0.436 e. The standard InChI is InChI=1S/C29H22F2N6O2/c1-15-5-4-6-23(35-15)39-22-11-18-13-32-27-25-24(20(18)12-21(22)31)26(37(3)28(25)34-14-33-27)17-7-9-19(10-8-17)36-29(38)16(2)30/h4-12,14H,2,13H2,1,3H3,(H,36,38)(H,32,33,34). The van der Waals surface area contributed by atoms with Gasteiger partial charge in [0.2, 0.25) is 5.88 Å². The SMILES string of the molecule is C=C(F)C(=O)Nc1ccc(-c2c3c4c(ncnc4n2C)NCc2cc(Oc4cccc(C)n4)c(F)cc2-3)cc1. The van der Waals surface area contributed by atoms with Gasteiger partial charge in [-0.25, -0.2) is 23.7 Å². The average molecular weight is 525 g/mol. The molecular weight excluding hydrogens is 502 g/mol. The summed E-state index contributed by atoms with van der Waals surface area (Å²) in [5.41, 5.74) is 5.63. The predicted molar refractivity (Wildman–Crippen MR) is 145 cm³/mol. The van der Waals surface area contributed by atoms with Gasteiger partial charge in [-0.1, -0.05) is 24.8 Å². The number of aromatic nitrogens is 4. The van der Waals surface area contributed by atoms with Crippen LogP contribution in [0.2, 0.25) is 0 Å². The Kier molecular flexibility index (Phi) is 5.79. The molecule has 0 bridgehead atoms. The topological polar surface area (TPSA) is 94.0 Å². The molecule has 2 N–H and O–H groups in total. The van der Waals surface area contributed by atoms with Crippen LogP contribution in [-0.4, -0.2) is 25.4 Å². The highest BCUT2D eigenvalue weighted by molar-refractivity contribution is 6.09. The second-order valence-corrected chi connectivity index (χ2v) is 9.15. The summed E-state index contributed by atoms with van der Waals surface area (Å²) in [5, 5.41) is 6.56. The molecule has 10 heteroatoms. The highest BCUT2D eigenvalue weighted by atomic mass is 19.1. The number of aryl methyl sites for hydroxylation is 2. The summed E-state index contributed by atoms with van der Waals surface area (Å²) in [4.78, 5) is 25.0. The smallest absolute Gasteiger partial charge is 0.283 e. The number of halogens is 2. The maximum atomic E-state index is 15.5. The lowest BCUT2D eigenvalue weighted by molar-refractivity contribution is -0.114. The Hall–Kier alpha value is -5.12. The maximum absolute atomic E-state index is 15.5. The van der Waals surface area contributed by atoms with Crippen molar-refractivity contribution >= 4 is 28.4 Å². The quantitative estimate of drug-likeness (QED) is 0.263. The second kappa shape index (κ2) is 9.32. The van der Waals surface area contributed by atoms with Gasteiger partial charge in [0.1, 0.15) is 17.8 Å². The third-order valence-corrected chi connectivity index (χ3v) is 6.58. The van der Waals surface area contributed by atoms with E-state index in [1.54, 1.807) is 42.5 Å². The molecular formula is C29H22F2N6O2. The summed E-state index contributed by atoms with van der Waals surface area (Å²) < 4.78 is 36.4. The van der Waals surface area contributed by atoms with E-state index in [0.29, 0.717) is 35.1 Å². The molecule has 0 saturated heterocycles. The molecule has 194 valence electrons. The Bertz CT molecular complexity index is 1800. The van der Waals surface area contributed by atoms with E-state index in [1.165, 1.54) is 12.4 Å². The van der Waals surface area contributed by atoms with E-state index in [2.05, 4.69) is 32.2 Å². The molecule has 4 heterocycles. The summed E-state index contributed by atoms with van der Waals surface area (Å²) in [7, 11) is 1.87. The minimum absolute atomic E-state index is 0.0639. The average Bonchev–Trinajstić information content (AvgIpc) is 3.12. The van der Waals surface area contributed by atoms with Crippen LogP contribution in [0.5, 0.6) is 11.6 Å². The number of fused-ring (bicyclic) bond motifs is 2. The minimum Gasteiger partial charge on any atom is -0.436 e. The number of nitrogens with one attached hydrogen (secondary N) is 2. The lowest BCUT2D eigenvalue weighted by Crippen LogP contribution is -2.10. The number of pyridine rings is 1. The highest BCUT2D eigenvalue weighted by Gasteiger charge is 2.28. The molecule has 2 aromatic carbocycles. The number of benzene rings is 2. The molecule has 39 heavy (non-hydrogen) atoms. The van der Waals surface area contributed by atoms with Crippen LogP contribution >= 0.6 is 0 Å². The van der Waals surface area contributed by atoms with Crippen molar-refractivity contribution in [2.75, 3.05) is 10.6 Å². The Morgan fingerprint density at radius 2 is 1.95 bits per heavy atom. The lowest BCUT2D eigenvalue weighted by atomic mass is 9.95. The summed E-state index contributed by atoms with van der Waals surface area (Å²) in [6.45, 7) is 5.24. The van der Waals surface area contributed by atoms with Crippen LogP contribution in [0.3, 0.4) is 0 Å². The van der Waals surface area contributed by atoms with Gasteiger partial charge in [0, 0.05) is 36.6 Å². The number of ether oxygens (including phenoxy) is 1. The molecule has 0 radical (unpaired) electrons. The number of hydrogen-bond acceptors (Lipinski definition) is 6. The number of carbonyl (C=O) groups excluding carboxylic acids is 1. The van der Waals surface area contributed by atoms with E-state index in [0.717, 1.165) is 33.5 Å². The maximum Gasteiger partial charge on any atom is 0.283 e. The third kappa shape index (κ3) is 4.25. The van der Waals surface area contributed by atoms with Crippen molar-refractivity contribution in [2.24, 2.45) is 7.05 Å². The Labute approximate surface area is 222 Å². The number of nitrogens with zero attached hydrogens (tertiary/aromatic N) is 4. The number of amides is 1. The van der Waals surface area contributed by atoms with E-state index in [9.17, 15) is 9.18 Å². The lowest BCUT2D eigenvalue weighted by Gasteiger charge is -2.15. The summed E-state index contributed by atoms with van der Waals surface area (Å²) in [6, 6.07) is 15.4. The van der Waals surface area contributed by atoms with Crippen LogP contribution in [0, 0.1) is 12.7 Å². The number of rotatable bonds is 5. The van der Waals surface area contributed by atoms with E-state index in [-0.39, 0.29) is 5.75 Å². The molecule has 0 atom stereocenters. The van der Waals surface area contributed by atoms with Crippen molar-refractivity contribution in [1.82, 2.24) is 19.5 Å². The van der Waals surface area contributed by atoms with Crippen LogP contribution in [-0.2, 0) is 18.4 Å².